The first kappa shape index (κ1) is 15.1. The molecule has 0 bridgehead atoms. The molecule has 112 valence electrons. The van der Waals surface area contributed by atoms with Crippen molar-refractivity contribution in [2.24, 2.45) is 0 Å². The van der Waals surface area contributed by atoms with E-state index >= 15 is 0 Å². The molecule has 2 nitrogen and oxygen atoms in total. The number of hydrogen-bond donors (Lipinski definition) is 1. The molecule has 3 aromatic rings. The van der Waals surface area contributed by atoms with Crippen molar-refractivity contribution in [2.45, 2.75) is 19.3 Å². The molecule has 1 aromatic heterocycles. The SMILES string of the molecule is Clc1ccc(Cc2cnc(CCc3ccccc3)[nH]2)c(Cl)c1. The number of nitrogens with zero attached hydrogens (tertiary/aromatic N) is 1. The predicted molar refractivity (Wildman–Crippen MR) is 91.7 cm³/mol. The molecule has 0 spiro atoms. The molecule has 22 heavy (non-hydrogen) atoms. The third-order valence-corrected chi connectivity index (χ3v) is 4.16. The van der Waals surface area contributed by atoms with Crippen LogP contribution >= 0.6 is 23.2 Å². The van der Waals surface area contributed by atoms with E-state index in [4.69, 9.17) is 23.2 Å². The molecular formula is C18H16Cl2N2. The first-order chi connectivity index (χ1) is 10.7. The average Bonchev–Trinajstić information content (AvgIpc) is 2.97. The Morgan fingerprint density at radius 1 is 0.955 bits per heavy atom. The Labute approximate surface area is 140 Å². The normalized spacial score (nSPS) is 10.8. The van der Waals surface area contributed by atoms with Gasteiger partial charge in [0.15, 0.2) is 0 Å². The Morgan fingerprint density at radius 2 is 1.77 bits per heavy atom. The zero-order chi connectivity index (χ0) is 15.4. The maximum absolute atomic E-state index is 6.21. The largest absolute Gasteiger partial charge is 0.346 e. The van der Waals surface area contributed by atoms with Crippen molar-refractivity contribution in [1.29, 1.82) is 0 Å². The van der Waals surface area contributed by atoms with Crippen LogP contribution in [0, 0.1) is 0 Å². The molecule has 0 unspecified atom stereocenters. The van der Waals surface area contributed by atoms with Gasteiger partial charge >= 0.3 is 0 Å². The second-order valence-electron chi connectivity index (χ2n) is 5.25. The summed E-state index contributed by atoms with van der Waals surface area (Å²) in [7, 11) is 0. The van der Waals surface area contributed by atoms with Gasteiger partial charge in [0.1, 0.15) is 5.82 Å². The van der Waals surface area contributed by atoms with Crippen molar-refractivity contribution in [1.82, 2.24) is 9.97 Å². The molecule has 0 fully saturated rings. The number of rotatable bonds is 5. The first-order valence-corrected chi connectivity index (χ1v) is 7.97. The summed E-state index contributed by atoms with van der Waals surface area (Å²) < 4.78 is 0. The van der Waals surface area contributed by atoms with E-state index in [1.54, 1.807) is 6.07 Å². The van der Waals surface area contributed by atoms with Gasteiger partial charge in [-0.15, -0.1) is 0 Å². The van der Waals surface area contributed by atoms with E-state index in [0.29, 0.717) is 10.0 Å². The molecule has 0 aliphatic heterocycles. The summed E-state index contributed by atoms with van der Waals surface area (Å²) in [5.74, 6) is 1.00. The topological polar surface area (TPSA) is 28.7 Å². The maximum Gasteiger partial charge on any atom is 0.106 e. The van der Waals surface area contributed by atoms with Gasteiger partial charge < -0.3 is 4.98 Å². The van der Waals surface area contributed by atoms with Gasteiger partial charge in [0.2, 0.25) is 0 Å². The number of benzene rings is 2. The first-order valence-electron chi connectivity index (χ1n) is 7.21. The molecule has 0 aliphatic rings. The number of nitrogens with one attached hydrogen (secondary N) is 1. The fourth-order valence-electron chi connectivity index (χ4n) is 2.40. The number of hydrogen-bond acceptors (Lipinski definition) is 1. The standard InChI is InChI=1S/C18H16Cl2N2/c19-15-8-7-14(17(20)11-15)10-16-12-21-18(22-16)9-6-13-4-2-1-3-5-13/h1-5,7-8,11-12H,6,9-10H2,(H,21,22). The highest BCUT2D eigenvalue weighted by Crippen LogP contribution is 2.23. The van der Waals surface area contributed by atoms with Crippen molar-refractivity contribution in [3.05, 3.63) is 87.4 Å². The van der Waals surface area contributed by atoms with Crippen LogP contribution in [0.15, 0.2) is 54.7 Å². The third-order valence-electron chi connectivity index (χ3n) is 3.57. The Bertz CT molecular complexity index is 751. The Hall–Kier alpha value is -1.77. The quantitative estimate of drug-likeness (QED) is 0.693. The van der Waals surface area contributed by atoms with Gasteiger partial charge in [0, 0.05) is 34.8 Å². The van der Waals surface area contributed by atoms with Crippen LogP contribution in [0.25, 0.3) is 0 Å². The second kappa shape index (κ2) is 6.99. The van der Waals surface area contributed by atoms with Gasteiger partial charge in [-0.1, -0.05) is 59.6 Å². The van der Waals surface area contributed by atoms with E-state index < -0.39 is 0 Å². The zero-order valence-electron chi connectivity index (χ0n) is 12.0. The number of halogens is 2. The van der Waals surface area contributed by atoms with Crippen LogP contribution < -0.4 is 0 Å². The van der Waals surface area contributed by atoms with Gasteiger partial charge in [0.25, 0.3) is 0 Å². The number of aromatic amines is 1. The Balaban J connectivity index is 1.63. The van der Waals surface area contributed by atoms with E-state index in [2.05, 4.69) is 34.2 Å². The van der Waals surface area contributed by atoms with Crippen LogP contribution in [0.2, 0.25) is 10.0 Å². The van der Waals surface area contributed by atoms with Crippen LogP contribution in [0.4, 0.5) is 0 Å². The van der Waals surface area contributed by atoms with E-state index in [9.17, 15) is 0 Å². The minimum absolute atomic E-state index is 0.655. The van der Waals surface area contributed by atoms with Crippen molar-refractivity contribution in [2.75, 3.05) is 0 Å². The molecule has 0 saturated carbocycles. The van der Waals surface area contributed by atoms with Gasteiger partial charge in [-0.05, 0) is 29.7 Å². The molecule has 0 aliphatic carbocycles. The van der Waals surface area contributed by atoms with Gasteiger partial charge in [-0.2, -0.15) is 0 Å². The smallest absolute Gasteiger partial charge is 0.106 e. The molecular weight excluding hydrogens is 315 g/mol. The summed E-state index contributed by atoms with van der Waals surface area (Å²) in [6.07, 6.45) is 4.49. The fourth-order valence-corrected chi connectivity index (χ4v) is 2.88. The minimum Gasteiger partial charge on any atom is -0.346 e. The zero-order valence-corrected chi connectivity index (χ0v) is 13.5. The molecule has 0 atom stereocenters. The van der Waals surface area contributed by atoms with Gasteiger partial charge in [-0.25, -0.2) is 4.98 Å². The van der Waals surface area contributed by atoms with Gasteiger partial charge in [-0.3, -0.25) is 0 Å². The van der Waals surface area contributed by atoms with Crippen LogP contribution in [0.5, 0.6) is 0 Å². The molecule has 4 heteroatoms. The van der Waals surface area contributed by atoms with Crippen LogP contribution in [-0.4, -0.2) is 9.97 Å². The lowest BCUT2D eigenvalue weighted by atomic mass is 10.1. The number of H-pyrrole nitrogens is 1. The van der Waals surface area contributed by atoms with Crippen molar-refractivity contribution in [3.8, 4) is 0 Å². The summed E-state index contributed by atoms with van der Waals surface area (Å²) in [5.41, 5.74) is 3.43. The number of aromatic nitrogens is 2. The summed E-state index contributed by atoms with van der Waals surface area (Å²) in [4.78, 5) is 7.82. The molecule has 1 N–H and O–H groups in total. The molecule has 0 amide bonds. The van der Waals surface area contributed by atoms with E-state index in [0.717, 1.165) is 36.3 Å². The van der Waals surface area contributed by atoms with Crippen LogP contribution in [0.1, 0.15) is 22.6 Å². The maximum atomic E-state index is 6.21. The third kappa shape index (κ3) is 3.90. The summed E-state index contributed by atoms with van der Waals surface area (Å²) >= 11 is 12.1. The highest BCUT2D eigenvalue weighted by Gasteiger charge is 2.06. The van der Waals surface area contributed by atoms with Crippen molar-refractivity contribution >= 4 is 23.2 Å². The van der Waals surface area contributed by atoms with Crippen LogP contribution in [0.3, 0.4) is 0 Å². The monoisotopic (exact) mass is 330 g/mol. The molecule has 2 aromatic carbocycles. The Kier molecular flexibility index (Phi) is 4.81. The Morgan fingerprint density at radius 3 is 2.55 bits per heavy atom. The molecule has 1 heterocycles. The lowest BCUT2D eigenvalue weighted by Gasteiger charge is -2.03. The lowest BCUT2D eigenvalue weighted by Crippen LogP contribution is -1.94. The second-order valence-corrected chi connectivity index (χ2v) is 6.10. The van der Waals surface area contributed by atoms with Crippen molar-refractivity contribution < 1.29 is 0 Å². The number of aryl methyl sites for hydroxylation is 2. The predicted octanol–water partition coefficient (Wildman–Crippen LogP) is 5.09. The number of imidazole rings is 1. The average molecular weight is 331 g/mol. The summed E-state index contributed by atoms with van der Waals surface area (Å²) in [6.45, 7) is 0. The van der Waals surface area contributed by atoms with Crippen molar-refractivity contribution in [3.63, 3.8) is 0 Å². The fraction of sp³-hybridized carbons (Fsp3) is 0.167. The minimum atomic E-state index is 0.655. The van der Waals surface area contributed by atoms with E-state index in [1.165, 1.54) is 5.56 Å². The molecule has 3 rings (SSSR count). The highest BCUT2D eigenvalue weighted by molar-refractivity contribution is 6.35. The van der Waals surface area contributed by atoms with E-state index in [1.807, 2.05) is 24.4 Å². The van der Waals surface area contributed by atoms with Gasteiger partial charge in [0.05, 0.1) is 0 Å². The van der Waals surface area contributed by atoms with E-state index in [-0.39, 0.29) is 0 Å². The summed E-state index contributed by atoms with van der Waals surface area (Å²) in [5, 5.41) is 1.34. The molecule has 0 radical (unpaired) electrons. The molecule has 0 saturated heterocycles. The summed E-state index contributed by atoms with van der Waals surface area (Å²) in [6, 6.07) is 16.0. The highest BCUT2D eigenvalue weighted by atomic mass is 35.5. The van der Waals surface area contributed by atoms with Crippen LogP contribution in [-0.2, 0) is 19.3 Å². The lowest BCUT2D eigenvalue weighted by molar-refractivity contribution is 0.877.